The van der Waals surface area contributed by atoms with Crippen LogP contribution in [0.5, 0.6) is 0 Å². The van der Waals surface area contributed by atoms with Crippen molar-refractivity contribution in [3.63, 3.8) is 0 Å². The van der Waals surface area contributed by atoms with Crippen LogP contribution >= 0.6 is 22.7 Å². The second-order valence-electron chi connectivity index (χ2n) is 4.67. The summed E-state index contributed by atoms with van der Waals surface area (Å²) in [7, 11) is 0. The molecule has 0 aliphatic carbocycles. The number of aromatic nitrogens is 2. The second-order valence-corrected chi connectivity index (χ2v) is 6.99. The van der Waals surface area contributed by atoms with E-state index in [1.807, 2.05) is 11.3 Å². The molecule has 0 atom stereocenters. The molecule has 5 heteroatoms. The Morgan fingerprint density at radius 2 is 1.94 bits per heavy atom. The Morgan fingerprint density at radius 1 is 1.17 bits per heavy atom. The molecule has 0 saturated carbocycles. The second kappa shape index (κ2) is 6.29. The largest absolute Gasteiger partial charge is 0.355 e. The zero-order valence-electron chi connectivity index (χ0n) is 11.1. The first kappa shape index (κ1) is 13.5. The van der Waals surface area contributed by atoms with Crippen LogP contribution < -0.4 is 5.32 Å². The monoisotopic (exact) mass is 281 g/mol. The van der Waals surface area contributed by atoms with Crippen LogP contribution in [0.1, 0.15) is 35.5 Å². The highest BCUT2D eigenvalue weighted by Gasteiger charge is 2.06. The number of thiophene rings is 1. The summed E-state index contributed by atoms with van der Waals surface area (Å²) < 4.78 is 0. The lowest BCUT2D eigenvalue weighted by atomic mass is 10.1. The minimum absolute atomic E-state index is 0.634. The van der Waals surface area contributed by atoms with E-state index in [1.54, 1.807) is 11.3 Å². The Labute approximate surface area is 116 Å². The van der Waals surface area contributed by atoms with Crippen LogP contribution in [0.3, 0.4) is 0 Å². The number of anilines is 1. The molecule has 0 amide bonds. The highest BCUT2D eigenvalue weighted by Crippen LogP contribution is 2.21. The number of hydrogen-bond acceptors (Lipinski definition) is 5. The summed E-state index contributed by atoms with van der Waals surface area (Å²) in [4.78, 5) is 2.79. The molecule has 2 heterocycles. The van der Waals surface area contributed by atoms with Crippen molar-refractivity contribution in [3.05, 3.63) is 26.9 Å². The molecule has 18 heavy (non-hydrogen) atoms. The van der Waals surface area contributed by atoms with E-state index in [1.165, 1.54) is 9.75 Å². The van der Waals surface area contributed by atoms with Crippen LogP contribution in [0.2, 0.25) is 0 Å². The molecular weight excluding hydrogens is 262 g/mol. The SMILES string of the molecule is CCc1ccc(CNc2nnc(CC(C)C)s2)s1. The Balaban J connectivity index is 1.87. The molecule has 2 rings (SSSR count). The van der Waals surface area contributed by atoms with Gasteiger partial charge in [0.2, 0.25) is 5.13 Å². The summed E-state index contributed by atoms with van der Waals surface area (Å²) in [5, 5.41) is 13.8. The van der Waals surface area contributed by atoms with Crippen molar-refractivity contribution in [2.45, 2.75) is 40.2 Å². The quantitative estimate of drug-likeness (QED) is 0.870. The number of hydrogen-bond donors (Lipinski definition) is 1. The summed E-state index contributed by atoms with van der Waals surface area (Å²) in [5.74, 6) is 0.634. The van der Waals surface area contributed by atoms with Crippen molar-refractivity contribution in [3.8, 4) is 0 Å². The zero-order valence-corrected chi connectivity index (χ0v) is 12.7. The van der Waals surface area contributed by atoms with Crippen molar-refractivity contribution in [1.82, 2.24) is 10.2 Å². The first-order valence-electron chi connectivity index (χ1n) is 6.31. The third-order valence-electron chi connectivity index (χ3n) is 2.53. The van der Waals surface area contributed by atoms with Gasteiger partial charge in [-0.1, -0.05) is 32.1 Å². The Hall–Kier alpha value is -0.940. The van der Waals surface area contributed by atoms with Crippen LogP contribution in [0.15, 0.2) is 12.1 Å². The van der Waals surface area contributed by atoms with E-state index in [0.29, 0.717) is 5.92 Å². The average molecular weight is 281 g/mol. The van der Waals surface area contributed by atoms with Gasteiger partial charge in [-0.2, -0.15) is 0 Å². The minimum Gasteiger partial charge on any atom is -0.355 e. The maximum absolute atomic E-state index is 4.20. The van der Waals surface area contributed by atoms with Crippen LogP contribution in [0.4, 0.5) is 5.13 Å². The number of aryl methyl sites for hydroxylation is 1. The number of nitrogens with one attached hydrogen (secondary N) is 1. The summed E-state index contributed by atoms with van der Waals surface area (Å²) in [6.07, 6.45) is 2.13. The summed E-state index contributed by atoms with van der Waals surface area (Å²) in [6.45, 7) is 7.44. The minimum atomic E-state index is 0.634. The van der Waals surface area contributed by atoms with E-state index in [9.17, 15) is 0 Å². The Kier molecular flexibility index (Phi) is 4.72. The van der Waals surface area contributed by atoms with Crippen molar-refractivity contribution in [2.75, 3.05) is 5.32 Å². The lowest BCUT2D eigenvalue weighted by Gasteiger charge is -1.99. The fourth-order valence-electron chi connectivity index (χ4n) is 1.63. The van der Waals surface area contributed by atoms with E-state index >= 15 is 0 Å². The van der Waals surface area contributed by atoms with Crippen LogP contribution in [0, 0.1) is 5.92 Å². The first-order chi connectivity index (χ1) is 8.67. The standard InChI is InChI=1S/C13H19N3S2/c1-4-10-5-6-11(17-10)8-14-13-16-15-12(18-13)7-9(2)3/h5-6,9H,4,7-8H2,1-3H3,(H,14,16). The topological polar surface area (TPSA) is 37.8 Å². The third kappa shape index (κ3) is 3.78. The lowest BCUT2D eigenvalue weighted by molar-refractivity contribution is 0.640. The van der Waals surface area contributed by atoms with Crippen molar-refractivity contribution in [1.29, 1.82) is 0 Å². The summed E-state index contributed by atoms with van der Waals surface area (Å²) >= 11 is 3.53. The molecule has 0 aromatic carbocycles. The third-order valence-corrected chi connectivity index (χ3v) is 4.66. The molecule has 1 N–H and O–H groups in total. The van der Waals surface area contributed by atoms with E-state index < -0.39 is 0 Å². The van der Waals surface area contributed by atoms with Gasteiger partial charge in [-0.25, -0.2) is 0 Å². The van der Waals surface area contributed by atoms with E-state index in [2.05, 4.69) is 48.4 Å². The molecule has 98 valence electrons. The Bertz CT molecular complexity index is 488. The molecule has 0 radical (unpaired) electrons. The summed E-state index contributed by atoms with van der Waals surface area (Å²) in [5.41, 5.74) is 0. The van der Waals surface area contributed by atoms with Crippen LogP contribution in [-0.4, -0.2) is 10.2 Å². The van der Waals surface area contributed by atoms with E-state index in [4.69, 9.17) is 0 Å². The normalized spacial score (nSPS) is 11.1. The highest BCUT2D eigenvalue weighted by atomic mass is 32.1. The van der Waals surface area contributed by atoms with Gasteiger partial charge < -0.3 is 5.32 Å². The van der Waals surface area contributed by atoms with E-state index in [-0.39, 0.29) is 0 Å². The van der Waals surface area contributed by atoms with Crippen LogP contribution in [0.25, 0.3) is 0 Å². The molecule has 0 spiro atoms. The van der Waals surface area contributed by atoms with Gasteiger partial charge in [-0.3, -0.25) is 0 Å². The molecule has 0 aliphatic rings. The number of rotatable bonds is 6. The summed E-state index contributed by atoms with van der Waals surface area (Å²) in [6, 6.07) is 4.39. The van der Waals surface area contributed by atoms with Gasteiger partial charge >= 0.3 is 0 Å². The van der Waals surface area contributed by atoms with Gasteiger partial charge in [0, 0.05) is 16.2 Å². The molecule has 2 aromatic heterocycles. The Morgan fingerprint density at radius 3 is 2.61 bits per heavy atom. The maximum atomic E-state index is 4.20. The van der Waals surface area contributed by atoms with Gasteiger partial charge in [0.25, 0.3) is 0 Å². The molecule has 0 saturated heterocycles. The predicted molar refractivity (Wildman–Crippen MR) is 79.5 cm³/mol. The fourth-order valence-corrected chi connectivity index (χ4v) is 3.47. The average Bonchev–Trinajstić information content (AvgIpc) is 2.94. The van der Waals surface area contributed by atoms with Gasteiger partial charge in [-0.15, -0.1) is 21.5 Å². The lowest BCUT2D eigenvalue weighted by Crippen LogP contribution is -1.96. The van der Waals surface area contributed by atoms with Crippen molar-refractivity contribution in [2.24, 2.45) is 5.92 Å². The van der Waals surface area contributed by atoms with Gasteiger partial charge in [-0.05, 0) is 24.5 Å². The van der Waals surface area contributed by atoms with Gasteiger partial charge in [0.1, 0.15) is 5.01 Å². The molecular formula is C13H19N3S2. The van der Waals surface area contributed by atoms with Gasteiger partial charge in [0.05, 0.1) is 6.54 Å². The molecule has 0 unspecified atom stereocenters. The first-order valence-corrected chi connectivity index (χ1v) is 7.94. The maximum Gasteiger partial charge on any atom is 0.205 e. The molecule has 0 bridgehead atoms. The highest BCUT2D eigenvalue weighted by molar-refractivity contribution is 7.15. The van der Waals surface area contributed by atoms with Gasteiger partial charge in [0.15, 0.2) is 0 Å². The smallest absolute Gasteiger partial charge is 0.205 e. The van der Waals surface area contributed by atoms with Crippen molar-refractivity contribution < 1.29 is 0 Å². The molecule has 2 aromatic rings. The molecule has 0 aliphatic heterocycles. The van der Waals surface area contributed by atoms with Crippen LogP contribution in [-0.2, 0) is 19.4 Å². The number of nitrogens with zero attached hydrogens (tertiary/aromatic N) is 2. The zero-order chi connectivity index (χ0) is 13.0. The van der Waals surface area contributed by atoms with E-state index in [0.717, 1.165) is 29.5 Å². The molecule has 3 nitrogen and oxygen atoms in total. The predicted octanol–water partition coefficient (Wildman–Crippen LogP) is 3.97. The molecule has 0 fully saturated rings. The van der Waals surface area contributed by atoms with Crippen molar-refractivity contribution >= 4 is 27.8 Å². The fraction of sp³-hybridized carbons (Fsp3) is 0.538.